The van der Waals surface area contributed by atoms with Crippen LogP contribution in [0, 0.1) is 11.3 Å². The van der Waals surface area contributed by atoms with E-state index in [-0.39, 0.29) is 17.4 Å². The standard InChI is InChI=1S/C42H48N3O5PSSi/c1-9-26-49-40(48)45-37(30(2)36(46)35-38-44(29-43-35)25-27-52-38)42(39(45)47,31(3)50-53(7,8)41(4,5)6)28-51(32-19-13-10-14-20-32,33-21-15-11-16-22-33)34-23-17-12-18-24-34/h9-25,27-31,37H,1,26H2,2-8H3/t30-,31+,37+,42-/m0/s1. The molecule has 0 N–H and O–H groups in total. The number of ketones is 1. The van der Waals surface area contributed by atoms with Gasteiger partial charge in [-0.25, -0.2) is 14.7 Å². The molecule has 1 aliphatic rings. The number of likely N-dealkylation sites (tertiary alicyclic amines) is 1. The molecule has 0 aliphatic carbocycles. The fourth-order valence-electron chi connectivity index (χ4n) is 7.25. The second-order valence-electron chi connectivity index (χ2n) is 15.2. The fourth-order valence-corrected chi connectivity index (χ4v) is 13.9. The molecule has 4 atom stereocenters. The van der Waals surface area contributed by atoms with Crippen LogP contribution in [-0.2, 0) is 14.0 Å². The summed E-state index contributed by atoms with van der Waals surface area (Å²) in [6, 6.07) is 29.7. The Kier molecular flexibility index (Phi) is 10.7. The van der Waals surface area contributed by atoms with Crippen molar-refractivity contribution in [2.24, 2.45) is 11.3 Å². The number of β-lactam (4-membered cyclic amide) rings is 1. The Morgan fingerprint density at radius 2 is 1.49 bits per heavy atom. The Bertz CT molecular complexity index is 2070. The maximum Gasteiger partial charge on any atom is 0.417 e. The van der Waals surface area contributed by atoms with Gasteiger partial charge in [0.2, 0.25) is 5.91 Å². The molecule has 8 nitrogen and oxygen atoms in total. The van der Waals surface area contributed by atoms with Crippen molar-refractivity contribution in [3.8, 4) is 0 Å². The number of carbonyl (C=O) groups is 3. The highest BCUT2D eigenvalue weighted by molar-refractivity contribution is 7.94. The van der Waals surface area contributed by atoms with Crippen molar-refractivity contribution in [2.45, 2.75) is 64.9 Å². The number of aromatic nitrogens is 2. The molecule has 3 aromatic carbocycles. The zero-order chi connectivity index (χ0) is 38.2. The highest BCUT2D eigenvalue weighted by atomic mass is 32.1. The van der Waals surface area contributed by atoms with Gasteiger partial charge in [-0.2, -0.15) is 0 Å². The molecule has 276 valence electrons. The van der Waals surface area contributed by atoms with E-state index in [2.05, 4.69) is 87.6 Å². The quantitative estimate of drug-likeness (QED) is 0.0422. The van der Waals surface area contributed by atoms with Gasteiger partial charge in [0.1, 0.15) is 28.9 Å². The summed E-state index contributed by atoms with van der Waals surface area (Å²) < 4.78 is 14.6. The fraction of sp³-hybridized carbons (Fsp3) is 0.310. The predicted molar refractivity (Wildman–Crippen MR) is 220 cm³/mol. The van der Waals surface area contributed by atoms with E-state index < -0.39 is 50.7 Å². The smallest absolute Gasteiger partial charge is 0.417 e. The van der Waals surface area contributed by atoms with Crippen molar-refractivity contribution in [1.29, 1.82) is 0 Å². The van der Waals surface area contributed by atoms with Gasteiger partial charge in [-0.15, -0.1) is 11.3 Å². The van der Waals surface area contributed by atoms with E-state index in [1.54, 1.807) is 13.3 Å². The number of carbonyl (C=O) groups excluding carboxylic acids is 3. The minimum absolute atomic E-state index is 0.0871. The maximum atomic E-state index is 15.4. The SMILES string of the molecule is C=CCOC(=O)N1C(=O)[C@@](C=P(c2ccccc2)(c2ccccc2)c2ccccc2)([C@@H](C)O[Si](C)(C)C(C)(C)C)[C@H]1[C@@H](C)C(=O)c1ncn2ccsc12. The third kappa shape index (κ3) is 6.60. The van der Waals surface area contributed by atoms with E-state index in [1.807, 2.05) is 77.5 Å². The number of hydrogen-bond donors (Lipinski definition) is 0. The molecule has 0 radical (unpaired) electrons. The van der Waals surface area contributed by atoms with Crippen LogP contribution in [-0.4, -0.2) is 64.9 Å². The van der Waals surface area contributed by atoms with E-state index in [1.165, 1.54) is 17.4 Å². The summed E-state index contributed by atoms with van der Waals surface area (Å²) in [5.41, 5.74) is -1.16. The second kappa shape index (κ2) is 14.8. The first kappa shape index (κ1) is 38.4. The summed E-state index contributed by atoms with van der Waals surface area (Å²) in [6.07, 6.45) is 3.37. The Hall–Kier alpha value is -4.34. The van der Waals surface area contributed by atoms with E-state index in [4.69, 9.17) is 9.16 Å². The van der Waals surface area contributed by atoms with Crippen molar-refractivity contribution < 1.29 is 23.5 Å². The van der Waals surface area contributed by atoms with Crippen LogP contribution < -0.4 is 15.9 Å². The van der Waals surface area contributed by atoms with Gasteiger partial charge < -0.3 is 9.16 Å². The van der Waals surface area contributed by atoms with Gasteiger partial charge in [-0.05, 0) is 47.9 Å². The predicted octanol–water partition coefficient (Wildman–Crippen LogP) is 7.94. The largest absolute Gasteiger partial charge is 0.445 e. The van der Waals surface area contributed by atoms with Crippen molar-refractivity contribution >= 4 is 70.9 Å². The number of fused-ring (bicyclic) bond motifs is 1. The van der Waals surface area contributed by atoms with Crippen LogP contribution in [0.2, 0.25) is 18.1 Å². The van der Waals surface area contributed by atoms with Crippen molar-refractivity contribution in [3.05, 3.63) is 127 Å². The number of Topliss-reactive ketones (excluding diaryl/α,β-unsaturated/α-hetero) is 1. The van der Waals surface area contributed by atoms with E-state index >= 15 is 4.79 Å². The molecule has 1 fully saturated rings. The first-order chi connectivity index (χ1) is 25.2. The Morgan fingerprint density at radius 3 is 1.98 bits per heavy atom. The minimum Gasteiger partial charge on any atom is -0.445 e. The van der Waals surface area contributed by atoms with Crippen molar-refractivity contribution in [1.82, 2.24) is 14.3 Å². The van der Waals surface area contributed by atoms with Crippen molar-refractivity contribution in [2.75, 3.05) is 6.61 Å². The number of rotatable bonds is 12. The van der Waals surface area contributed by atoms with Crippen molar-refractivity contribution in [3.63, 3.8) is 0 Å². The number of nitrogens with zero attached hydrogens (tertiary/aromatic N) is 3. The molecule has 2 amide bonds. The third-order valence-corrected chi connectivity index (χ3v) is 20.6. The lowest BCUT2D eigenvalue weighted by Crippen LogP contribution is -2.78. The average molecular weight is 766 g/mol. The lowest BCUT2D eigenvalue weighted by atomic mass is 9.63. The van der Waals surface area contributed by atoms with E-state index in [0.29, 0.717) is 10.5 Å². The van der Waals surface area contributed by atoms with Crippen LogP contribution in [0.15, 0.2) is 122 Å². The molecule has 53 heavy (non-hydrogen) atoms. The number of imidazole rings is 1. The van der Waals surface area contributed by atoms with Crippen LogP contribution in [0.4, 0.5) is 4.79 Å². The van der Waals surface area contributed by atoms with Crippen LogP contribution >= 0.6 is 18.2 Å². The summed E-state index contributed by atoms with van der Waals surface area (Å²) >= 11 is 1.42. The molecule has 0 spiro atoms. The molecule has 5 aromatic rings. The van der Waals surface area contributed by atoms with Gasteiger partial charge in [0, 0.05) is 17.5 Å². The van der Waals surface area contributed by atoms with Gasteiger partial charge in [-0.1, -0.05) is 137 Å². The normalized spacial score (nSPS) is 19.0. The minimum atomic E-state index is -2.85. The number of benzene rings is 3. The summed E-state index contributed by atoms with van der Waals surface area (Å²) in [7, 11) is -2.55. The van der Waals surface area contributed by atoms with Crippen LogP contribution in [0.3, 0.4) is 0 Å². The van der Waals surface area contributed by atoms with Crippen LogP contribution in [0.1, 0.15) is 45.1 Å². The monoisotopic (exact) mass is 765 g/mol. The zero-order valence-corrected chi connectivity index (χ0v) is 34.1. The molecule has 3 heterocycles. The van der Waals surface area contributed by atoms with Gasteiger partial charge in [0.25, 0.3) is 0 Å². The topological polar surface area (TPSA) is 90.2 Å². The van der Waals surface area contributed by atoms with Gasteiger partial charge >= 0.3 is 6.09 Å². The maximum absolute atomic E-state index is 15.4. The van der Waals surface area contributed by atoms with E-state index in [9.17, 15) is 9.59 Å². The molecule has 11 heteroatoms. The van der Waals surface area contributed by atoms with E-state index in [0.717, 1.165) is 20.8 Å². The van der Waals surface area contributed by atoms with Gasteiger partial charge in [0.05, 0.1) is 12.1 Å². The Morgan fingerprint density at radius 1 is 0.962 bits per heavy atom. The second-order valence-corrected chi connectivity index (χ2v) is 24.1. The number of ether oxygens (including phenoxy) is 1. The molecule has 1 aliphatic heterocycles. The first-order valence-corrected chi connectivity index (χ1v) is 23.5. The molecule has 1 saturated heterocycles. The summed E-state index contributed by atoms with van der Waals surface area (Å²) in [5.74, 6) is 0.588. The Balaban J connectivity index is 1.71. The lowest BCUT2D eigenvalue weighted by molar-refractivity contribution is -0.169. The number of amides is 2. The summed E-state index contributed by atoms with van der Waals surface area (Å²) in [4.78, 5) is 50.5. The number of thiazole rings is 1. The average Bonchev–Trinajstić information content (AvgIpc) is 3.78. The zero-order valence-electron chi connectivity index (χ0n) is 31.4. The van der Waals surface area contributed by atoms with Crippen LogP contribution in [0.25, 0.3) is 4.83 Å². The third-order valence-electron chi connectivity index (χ3n) is 11.0. The van der Waals surface area contributed by atoms with Crippen LogP contribution in [0.5, 0.6) is 0 Å². The molecule has 2 aromatic heterocycles. The summed E-state index contributed by atoms with van der Waals surface area (Å²) in [6.45, 7) is 15.3. The van der Waals surface area contributed by atoms with Gasteiger partial charge in [-0.3, -0.25) is 14.0 Å². The first-order valence-electron chi connectivity index (χ1n) is 17.9. The van der Waals surface area contributed by atoms with Gasteiger partial charge in [0.15, 0.2) is 14.1 Å². The number of imide groups is 1. The molecule has 0 unspecified atom stereocenters. The summed E-state index contributed by atoms with van der Waals surface area (Å²) in [5, 5.41) is 4.80. The highest BCUT2D eigenvalue weighted by Gasteiger charge is 2.69. The highest BCUT2D eigenvalue weighted by Crippen LogP contribution is 2.55. The Labute approximate surface area is 317 Å². The molecule has 0 bridgehead atoms. The molecular formula is C42H48N3O5PSSi. The molecule has 6 rings (SSSR count). The number of hydrogen-bond acceptors (Lipinski definition) is 7. The molecule has 0 saturated carbocycles. The molecular weight excluding hydrogens is 718 g/mol. The lowest BCUT2D eigenvalue weighted by Gasteiger charge is -2.59.